The van der Waals surface area contributed by atoms with Crippen LogP contribution in [0.2, 0.25) is 0 Å². The second-order valence-corrected chi connectivity index (χ2v) is 12.4. The molecule has 3 aromatic heterocycles. The van der Waals surface area contributed by atoms with E-state index < -0.39 is 5.97 Å². The molecule has 1 saturated heterocycles. The number of ether oxygens (including phenoxy) is 1. The van der Waals surface area contributed by atoms with E-state index >= 15 is 0 Å². The molecule has 2 aliphatic rings. The van der Waals surface area contributed by atoms with E-state index in [1.54, 1.807) is 17.4 Å². The van der Waals surface area contributed by atoms with Gasteiger partial charge in [0.1, 0.15) is 6.54 Å². The van der Waals surface area contributed by atoms with Gasteiger partial charge < -0.3 is 19.3 Å². The average molecular weight is 585 g/mol. The van der Waals surface area contributed by atoms with Gasteiger partial charge in [0, 0.05) is 30.2 Å². The number of carbonyl (C=O) groups excluding carboxylic acids is 1. The first-order valence-corrected chi connectivity index (χ1v) is 15.5. The van der Waals surface area contributed by atoms with Gasteiger partial charge in [0.2, 0.25) is 5.91 Å². The molecule has 0 spiro atoms. The SMILES string of the molecule is Cc1nc(C)c(-c2ccc3cc(-c4c(C5CCCCC5)cc(C=CC(=O)O)n4CC(=O)N4CCOCC4)ccc3n2)s1. The number of hydrogen-bond donors (Lipinski definition) is 1. The molecule has 6 rings (SSSR count). The number of carbonyl (C=O) groups is 2. The minimum absolute atomic E-state index is 0.0117. The maximum absolute atomic E-state index is 13.5. The Balaban J connectivity index is 1.46. The summed E-state index contributed by atoms with van der Waals surface area (Å²) in [4.78, 5) is 37.5. The average Bonchev–Trinajstić information content (AvgIpc) is 3.54. The molecular formula is C33H36N4O4S. The van der Waals surface area contributed by atoms with Crippen LogP contribution in [0, 0.1) is 13.8 Å². The fraction of sp³-hybridized carbons (Fsp3) is 0.394. The molecule has 8 nitrogen and oxygen atoms in total. The first kappa shape index (κ1) is 28.3. The first-order chi connectivity index (χ1) is 20.4. The molecule has 218 valence electrons. The van der Waals surface area contributed by atoms with E-state index in [0.717, 1.165) is 68.0 Å². The molecule has 1 N–H and O–H groups in total. The molecule has 4 heterocycles. The van der Waals surface area contributed by atoms with Crippen LogP contribution in [0.1, 0.15) is 60.0 Å². The van der Waals surface area contributed by atoms with Crippen molar-refractivity contribution in [2.45, 2.75) is 58.4 Å². The highest BCUT2D eigenvalue weighted by molar-refractivity contribution is 7.15. The number of morpholine rings is 1. The van der Waals surface area contributed by atoms with Gasteiger partial charge in [-0.05, 0) is 74.1 Å². The molecule has 2 fully saturated rings. The third kappa shape index (κ3) is 5.89. The van der Waals surface area contributed by atoms with Crippen molar-refractivity contribution in [2.24, 2.45) is 0 Å². The predicted octanol–water partition coefficient (Wildman–Crippen LogP) is 6.45. The first-order valence-electron chi connectivity index (χ1n) is 14.7. The van der Waals surface area contributed by atoms with Gasteiger partial charge in [0.25, 0.3) is 0 Å². The zero-order valence-electron chi connectivity index (χ0n) is 24.1. The van der Waals surface area contributed by atoms with Gasteiger partial charge in [-0.1, -0.05) is 31.4 Å². The minimum Gasteiger partial charge on any atom is -0.478 e. The van der Waals surface area contributed by atoms with Crippen LogP contribution < -0.4 is 0 Å². The van der Waals surface area contributed by atoms with Crippen LogP contribution in [0.5, 0.6) is 0 Å². The zero-order valence-corrected chi connectivity index (χ0v) is 25.0. The summed E-state index contributed by atoms with van der Waals surface area (Å²) in [5.41, 5.74) is 6.73. The van der Waals surface area contributed by atoms with Crippen molar-refractivity contribution < 1.29 is 19.4 Å². The summed E-state index contributed by atoms with van der Waals surface area (Å²) in [6, 6.07) is 12.6. The van der Waals surface area contributed by atoms with Crippen molar-refractivity contribution >= 4 is 40.2 Å². The molecule has 1 amide bonds. The summed E-state index contributed by atoms with van der Waals surface area (Å²) >= 11 is 1.65. The summed E-state index contributed by atoms with van der Waals surface area (Å²) in [5, 5.41) is 11.5. The number of carboxylic acids is 1. The van der Waals surface area contributed by atoms with Crippen molar-refractivity contribution in [3.63, 3.8) is 0 Å². The standard InChI is InChI=1S/C33H36N4O4S/c1-21-33(42-22(2)34-21)29-12-8-24-18-25(9-11-28(24)35-29)32-27(23-6-4-3-5-7-23)19-26(10-13-31(39)40)37(32)20-30(38)36-14-16-41-17-15-36/h8-13,18-19,23H,3-7,14-17,20H2,1-2H3,(H,39,40). The molecule has 0 bridgehead atoms. The van der Waals surface area contributed by atoms with E-state index in [9.17, 15) is 14.7 Å². The molecule has 0 unspecified atom stereocenters. The number of aliphatic carboxylic acids is 1. The largest absolute Gasteiger partial charge is 0.478 e. The quantitative estimate of drug-likeness (QED) is 0.251. The number of thiazole rings is 1. The molecule has 1 saturated carbocycles. The number of amides is 1. The number of fused-ring (bicyclic) bond motifs is 1. The van der Waals surface area contributed by atoms with E-state index in [1.807, 2.05) is 23.3 Å². The third-order valence-electron chi connectivity index (χ3n) is 8.36. The van der Waals surface area contributed by atoms with Gasteiger partial charge in [-0.3, -0.25) is 4.79 Å². The number of benzene rings is 1. The topological polar surface area (TPSA) is 97.5 Å². The molecule has 4 aromatic rings. The molecule has 42 heavy (non-hydrogen) atoms. The predicted molar refractivity (Wildman–Crippen MR) is 166 cm³/mol. The number of hydrogen-bond acceptors (Lipinski definition) is 6. The Kier molecular flexibility index (Phi) is 8.22. The Morgan fingerprint density at radius 2 is 1.83 bits per heavy atom. The fourth-order valence-corrected chi connectivity index (χ4v) is 7.21. The van der Waals surface area contributed by atoms with Crippen molar-refractivity contribution in [3.05, 3.63) is 64.4 Å². The molecule has 1 aliphatic carbocycles. The van der Waals surface area contributed by atoms with Crippen LogP contribution in [-0.2, 0) is 20.9 Å². The molecule has 9 heteroatoms. The van der Waals surface area contributed by atoms with Gasteiger partial charge >= 0.3 is 5.97 Å². The van der Waals surface area contributed by atoms with E-state index in [4.69, 9.17) is 9.72 Å². The van der Waals surface area contributed by atoms with Crippen LogP contribution >= 0.6 is 11.3 Å². The van der Waals surface area contributed by atoms with Crippen LogP contribution in [0.4, 0.5) is 0 Å². The van der Waals surface area contributed by atoms with E-state index in [-0.39, 0.29) is 12.5 Å². The lowest BCUT2D eigenvalue weighted by Crippen LogP contribution is -2.42. The lowest BCUT2D eigenvalue weighted by Gasteiger charge is -2.28. The smallest absolute Gasteiger partial charge is 0.328 e. The van der Waals surface area contributed by atoms with Gasteiger partial charge in [-0.2, -0.15) is 0 Å². The van der Waals surface area contributed by atoms with Crippen LogP contribution in [0.25, 0.3) is 38.8 Å². The number of rotatable bonds is 7. The minimum atomic E-state index is -1.01. The second-order valence-electron chi connectivity index (χ2n) is 11.2. The normalized spacial score (nSPS) is 16.5. The van der Waals surface area contributed by atoms with Crippen LogP contribution in [0.15, 0.2) is 42.5 Å². The van der Waals surface area contributed by atoms with Crippen molar-refractivity contribution in [3.8, 4) is 21.8 Å². The van der Waals surface area contributed by atoms with Crippen LogP contribution in [0.3, 0.4) is 0 Å². The molecular weight excluding hydrogens is 548 g/mol. The van der Waals surface area contributed by atoms with Crippen LogP contribution in [-0.4, -0.2) is 62.7 Å². The van der Waals surface area contributed by atoms with E-state index in [1.165, 1.54) is 24.8 Å². The Bertz CT molecular complexity index is 1660. The van der Waals surface area contributed by atoms with Crippen molar-refractivity contribution in [2.75, 3.05) is 26.3 Å². The molecule has 1 aliphatic heterocycles. The monoisotopic (exact) mass is 584 g/mol. The Hall–Kier alpha value is -3.82. The van der Waals surface area contributed by atoms with E-state index in [0.29, 0.717) is 32.2 Å². The third-order valence-corrected chi connectivity index (χ3v) is 9.45. The van der Waals surface area contributed by atoms with Gasteiger partial charge in [0.05, 0.1) is 45.7 Å². The van der Waals surface area contributed by atoms with Crippen molar-refractivity contribution in [1.29, 1.82) is 0 Å². The Morgan fingerprint density at radius 1 is 1.05 bits per heavy atom. The number of aryl methyl sites for hydroxylation is 2. The Morgan fingerprint density at radius 3 is 2.55 bits per heavy atom. The molecule has 0 atom stereocenters. The molecule has 0 radical (unpaired) electrons. The summed E-state index contributed by atoms with van der Waals surface area (Å²) in [5.74, 6) is -0.640. The number of carboxylic acid groups (broad SMARTS) is 1. The maximum Gasteiger partial charge on any atom is 0.328 e. The lowest BCUT2D eigenvalue weighted by molar-refractivity contribution is -0.136. The highest BCUT2D eigenvalue weighted by Crippen LogP contribution is 2.41. The van der Waals surface area contributed by atoms with Gasteiger partial charge in [-0.25, -0.2) is 14.8 Å². The highest BCUT2D eigenvalue weighted by Gasteiger charge is 2.27. The lowest BCUT2D eigenvalue weighted by atomic mass is 9.83. The summed E-state index contributed by atoms with van der Waals surface area (Å²) in [7, 11) is 0. The fourth-order valence-electron chi connectivity index (χ4n) is 6.32. The number of aromatic nitrogens is 3. The number of nitrogens with zero attached hydrogens (tertiary/aromatic N) is 4. The highest BCUT2D eigenvalue weighted by atomic mass is 32.1. The van der Waals surface area contributed by atoms with Crippen molar-refractivity contribution in [1.82, 2.24) is 19.4 Å². The second kappa shape index (κ2) is 12.2. The summed E-state index contributed by atoms with van der Waals surface area (Å²) in [6.45, 7) is 6.36. The Labute approximate surface area is 249 Å². The zero-order chi connectivity index (χ0) is 29.2. The molecule has 1 aromatic carbocycles. The van der Waals surface area contributed by atoms with E-state index in [2.05, 4.69) is 41.4 Å². The summed E-state index contributed by atoms with van der Waals surface area (Å²) < 4.78 is 7.49. The summed E-state index contributed by atoms with van der Waals surface area (Å²) in [6.07, 6.45) is 8.53. The van der Waals surface area contributed by atoms with Gasteiger partial charge in [-0.15, -0.1) is 11.3 Å². The maximum atomic E-state index is 13.5. The number of pyridine rings is 1. The van der Waals surface area contributed by atoms with Gasteiger partial charge in [0.15, 0.2) is 0 Å².